The van der Waals surface area contributed by atoms with Crippen LogP contribution in [0, 0.1) is 5.92 Å². The van der Waals surface area contributed by atoms with Crippen molar-refractivity contribution in [3.63, 3.8) is 0 Å². The third-order valence-electron chi connectivity index (χ3n) is 4.02. The van der Waals surface area contributed by atoms with E-state index in [1.165, 1.54) is 6.20 Å². The van der Waals surface area contributed by atoms with Crippen LogP contribution >= 0.6 is 0 Å². The second kappa shape index (κ2) is 5.91. The summed E-state index contributed by atoms with van der Waals surface area (Å²) in [5.74, 6) is 0.152. The molecule has 0 spiro atoms. The van der Waals surface area contributed by atoms with Gasteiger partial charge >= 0.3 is 6.18 Å². The largest absolute Gasteiger partial charge is 0.435 e. The third kappa shape index (κ3) is 3.60. The number of amides is 1. The summed E-state index contributed by atoms with van der Waals surface area (Å²) in [6.07, 6.45) is -0.426. The number of carbonyl (C=O) groups is 1. The lowest BCUT2D eigenvalue weighted by Crippen LogP contribution is -2.39. The molecule has 5 nitrogen and oxygen atoms in total. The molecule has 2 fully saturated rings. The Hall–Kier alpha value is -1.57. The molecule has 1 aromatic rings. The fourth-order valence-electron chi connectivity index (χ4n) is 2.68. The van der Waals surface area contributed by atoms with Crippen LogP contribution in [0.1, 0.15) is 25.0 Å². The second-order valence-corrected chi connectivity index (χ2v) is 5.90. The molecule has 22 heavy (non-hydrogen) atoms. The van der Waals surface area contributed by atoms with E-state index in [1.54, 1.807) is 4.90 Å². The first kappa shape index (κ1) is 15.3. The van der Waals surface area contributed by atoms with Crippen LogP contribution in [0.25, 0.3) is 0 Å². The molecule has 1 aromatic heterocycles. The maximum atomic E-state index is 12.5. The number of aromatic nitrogens is 2. The number of alkyl halides is 3. The van der Waals surface area contributed by atoms with Gasteiger partial charge in [-0.25, -0.2) is 0 Å². The molecule has 1 saturated heterocycles. The minimum Gasteiger partial charge on any atom is -0.381 e. The number of ether oxygens (including phenoxy) is 1. The second-order valence-electron chi connectivity index (χ2n) is 5.90. The van der Waals surface area contributed by atoms with E-state index in [4.69, 9.17) is 4.74 Å². The van der Waals surface area contributed by atoms with Crippen molar-refractivity contribution in [2.45, 2.75) is 38.0 Å². The molecule has 1 atom stereocenters. The Bertz CT molecular complexity index is 534. The molecule has 1 aliphatic carbocycles. The first-order valence-corrected chi connectivity index (χ1v) is 7.41. The van der Waals surface area contributed by atoms with Gasteiger partial charge in [-0.3, -0.25) is 9.48 Å². The normalized spacial score (nSPS) is 22.0. The van der Waals surface area contributed by atoms with Gasteiger partial charge in [0, 0.05) is 31.3 Å². The molecule has 0 N–H and O–H groups in total. The summed E-state index contributed by atoms with van der Waals surface area (Å²) in [6.45, 7) is 1.83. The van der Waals surface area contributed by atoms with Gasteiger partial charge in [0.25, 0.3) is 0 Å². The highest BCUT2D eigenvalue weighted by Crippen LogP contribution is 2.30. The molecule has 2 heterocycles. The zero-order valence-electron chi connectivity index (χ0n) is 12.1. The predicted molar refractivity (Wildman–Crippen MR) is 70.9 cm³/mol. The molecular formula is C14H18F3N3O2. The van der Waals surface area contributed by atoms with Gasteiger partial charge in [0.2, 0.25) is 5.91 Å². The highest BCUT2D eigenvalue weighted by Gasteiger charge is 2.36. The van der Waals surface area contributed by atoms with Crippen LogP contribution in [-0.2, 0) is 22.3 Å². The Kier molecular flexibility index (Phi) is 4.12. The monoisotopic (exact) mass is 317 g/mol. The van der Waals surface area contributed by atoms with Crippen LogP contribution in [-0.4, -0.2) is 46.4 Å². The van der Waals surface area contributed by atoms with E-state index in [-0.39, 0.29) is 18.5 Å². The van der Waals surface area contributed by atoms with Crippen molar-refractivity contribution >= 4 is 5.91 Å². The topological polar surface area (TPSA) is 47.4 Å². The quantitative estimate of drug-likeness (QED) is 0.834. The SMILES string of the molecule is O=C(Cn1ccc(C(F)(F)F)n1)N(CC1CCOC1)C1CC1. The third-order valence-corrected chi connectivity index (χ3v) is 4.02. The molecule has 1 aliphatic heterocycles. The van der Waals surface area contributed by atoms with Gasteiger partial charge in [0.15, 0.2) is 5.69 Å². The Morgan fingerprint density at radius 3 is 2.73 bits per heavy atom. The minimum absolute atomic E-state index is 0.153. The summed E-state index contributed by atoms with van der Waals surface area (Å²) < 4.78 is 43.9. The maximum Gasteiger partial charge on any atom is 0.435 e. The number of hydrogen-bond donors (Lipinski definition) is 0. The molecule has 1 unspecified atom stereocenters. The molecule has 8 heteroatoms. The molecule has 0 aromatic carbocycles. The Morgan fingerprint density at radius 1 is 1.41 bits per heavy atom. The van der Waals surface area contributed by atoms with Crippen LogP contribution in [0.15, 0.2) is 12.3 Å². The zero-order valence-corrected chi connectivity index (χ0v) is 12.1. The summed E-state index contributed by atoms with van der Waals surface area (Å²) in [5.41, 5.74) is -0.970. The van der Waals surface area contributed by atoms with Crippen LogP contribution < -0.4 is 0 Å². The van der Waals surface area contributed by atoms with Crippen molar-refractivity contribution in [2.24, 2.45) is 5.92 Å². The lowest BCUT2D eigenvalue weighted by atomic mass is 10.1. The lowest BCUT2D eigenvalue weighted by Gasteiger charge is -2.25. The van der Waals surface area contributed by atoms with E-state index in [2.05, 4.69) is 5.10 Å². The van der Waals surface area contributed by atoms with Crippen LogP contribution in [0.2, 0.25) is 0 Å². The minimum atomic E-state index is -4.48. The van der Waals surface area contributed by atoms with Gasteiger partial charge in [-0.2, -0.15) is 18.3 Å². The summed E-state index contributed by atoms with van der Waals surface area (Å²) in [4.78, 5) is 14.2. The van der Waals surface area contributed by atoms with Crippen molar-refractivity contribution in [1.82, 2.24) is 14.7 Å². The average molecular weight is 317 g/mol. The zero-order chi connectivity index (χ0) is 15.7. The smallest absolute Gasteiger partial charge is 0.381 e. The van der Waals surface area contributed by atoms with E-state index in [1.807, 2.05) is 0 Å². The van der Waals surface area contributed by atoms with E-state index < -0.39 is 11.9 Å². The van der Waals surface area contributed by atoms with Gasteiger partial charge in [0.05, 0.1) is 6.61 Å². The summed E-state index contributed by atoms with van der Waals surface area (Å²) in [5, 5.41) is 3.43. The first-order chi connectivity index (χ1) is 10.4. The maximum absolute atomic E-state index is 12.5. The van der Waals surface area contributed by atoms with Crippen molar-refractivity contribution in [3.05, 3.63) is 18.0 Å². The highest BCUT2D eigenvalue weighted by atomic mass is 19.4. The number of rotatable bonds is 5. The van der Waals surface area contributed by atoms with Crippen LogP contribution in [0.3, 0.4) is 0 Å². The van der Waals surface area contributed by atoms with Gasteiger partial charge < -0.3 is 9.64 Å². The van der Waals surface area contributed by atoms with E-state index in [0.717, 1.165) is 30.0 Å². The molecule has 0 radical (unpaired) electrons. The van der Waals surface area contributed by atoms with Gasteiger partial charge in [-0.15, -0.1) is 0 Å². The van der Waals surface area contributed by atoms with Crippen molar-refractivity contribution in [2.75, 3.05) is 19.8 Å². The Labute approximate surface area is 126 Å². The van der Waals surface area contributed by atoms with E-state index >= 15 is 0 Å². The van der Waals surface area contributed by atoms with Crippen molar-refractivity contribution < 1.29 is 22.7 Å². The van der Waals surface area contributed by atoms with Gasteiger partial charge in [-0.1, -0.05) is 0 Å². The highest BCUT2D eigenvalue weighted by molar-refractivity contribution is 5.76. The van der Waals surface area contributed by atoms with Crippen LogP contribution in [0.5, 0.6) is 0 Å². The molecule has 122 valence electrons. The molecule has 0 bridgehead atoms. The van der Waals surface area contributed by atoms with Crippen LogP contribution in [0.4, 0.5) is 13.2 Å². The number of hydrogen-bond acceptors (Lipinski definition) is 3. The van der Waals surface area contributed by atoms with E-state index in [0.29, 0.717) is 25.7 Å². The molecule has 2 aliphatic rings. The predicted octanol–water partition coefficient (Wildman–Crippen LogP) is 1.93. The average Bonchev–Trinajstić information content (AvgIpc) is 2.96. The summed E-state index contributed by atoms with van der Waals surface area (Å²) >= 11 is 0. The summed E-state index contributed by atoms with van der Waals surface area (Å²) in [7, 11) is 0. The van der Waals surface area contributed by atoms with Gasteiger partial charge in [-0.05, 0) is 25.3 Å². The molecule has 3 rings (SSSR count). The fraction of sp³-hybridized carbons (Fsp3) is 0.714. The number of nitrogens with zero attached hydrogens (tertiary/aromatic N) is 3. The standard InChI is InChI=1S/C14H18F3N3O2/c15-14(16,17)12-3-5-19(18-12)8-13(21)20(11-1-2-11)7-10-4-6-22-9-10/h3,5,10-11H,1-2,4,6-9H2. The molecular weight excluding hydrogens is 299 g/mol. The molecule has 1 saturated carbocycles. The summed E-state index contributed by atoms with van der Waals surface area (Å²) in [6, 6.07) is 1.12. The lowest BCUT2D eigenvalue weighted by molar-refractivity contribution is -0.142. The number of carbonyl (C=O) groups excluding carboxylic acids is 1. The Balaban J connectivity index is 1.62. The van der Waals surface area contributed by atoms with Gasteiger partial charge in [0.1, 0.15) is 6.54 Å². The molecule has 1 amide bonds. The number of halogens is 3. The van der Waals surface area contributed by atoms with Crippen molar-refractivity contribution in [1.29, 1.82) is 0 Å². The van der Waals surface area contributed by atoms with Crippen molar-refractivity contribution in [3.8, 4) is 0 Å². The fourth-order valence-corrected chi connectivity index (χ4v) is 2.68. The first-order valence-electron chi connectivity index (χ1n) is 7.41. The Morgan fingerprint density at radius 2 is 2.18 bits per heavy atom. The van der Waals surface area contributed by atoms with E-state index in [9.17, 15) is 18.0 Å².